The van der Waals surface area contributed by atoms with Crippen molar-refractivity contribution in [1.29, 1.82) is 5.26 Å². The molecule has 1 aromatic heterocycles. The molecule has 0 aliphatic rings. The van der Waals surface area contributed by atoms with Crippen molar-refractivity contribution in [3.8, 4) is 6.07 Å². The Labute approximate surface area is 151 Å². The number of benzene rings is 2. The lowest BCUT2D eigenvalue weighted by Gasteiger charge is -2.02. The minimum Gasteiger partial charge on any atom is -0.458 e. The molecule has 0 bridgehead atoms. The number of rotatable bonds is 6. The minimum atomic E-state index is -0.482. The molecule has 128 valence electrons. The molecule has 0 atom stereocenters. The van der Waals surface area contributed by atoms with Gasteiger partial charge in [-0.15, -0.1) is 5.10 Å². The van der Waals surface area contributed by atoms with E-state index in [1.165, 1.54) is 6.08 Å². The number of aromatic nitrogens is 3. The van der Waals surface area contributed by atoms with Crippen LogP contribution in [0.15, 0.2) is 66.9 Å². The third-order valence-electron chi connectivity index (χ3n) is 3.57. The maximum absolute atomic E-state index is 11.8. The van der Waals surface area contributed by atoms with Crippen molar-refractivity contribution in [2.24, 2.45) is 0 Å². The van der Waals surface area contributed by atoms with Gasteiger partial charge in [0.15, 0.2) is 0 Å². The first kappa shape index (κ1) is 17.1. The van der Waals surface area contributed by atoms with Gasteiger partial charge >= 0.3 is 5.97 Å². The molecular formula is C20H16N4O2. The average molecular weight is 344 g/mol. The molecule has 6 heteroatoms. The van der Waals surface area contributed by atoms with Crippen LogP contribution in [0.3, 0.4) is 0 Å². The number of nitrogens with zero attached hydrogens (tertiary/aromatic N) is 4. The molecule has 0 spiro atoms. The third-order valence-corrected chi connectivity index (χ3v) is 3.57. The molecule has 0 aliphatic heterocycles. The van der Waals surface area contributed by atoms with E-state index in [4.69, 9.17) is 10.00 Å². The summed E-state index contributed by atoms with van der Waals surface area (Å²) in [5.74, 6) is -0.482. The van der Waals surface area contributed by atoms with Crippen LogP contribution < -0.4 is 0 Å². The molecule has 0 fully saturated rings. The van der Waals surface area contributed by atoms with Gasteiger partial charge in [0, 0.05) is 6.08 Å². The molecule has 1 heterocycles. The highest BCUT2D eigenvalue weighted by Gasteiger charge is 2.02. The summed E-state index contributed by atoms with van der Waals surface area (Å²) in [7, 11) is 0. The molecule has 3 rings (SSSR count). The quantitative estimate of drug-likeness (QED) is 0.507. The van der Waals surface area contributed by atoms with Gasteiger partial charge in [0.25, 0.3) is 0 Å². The van der Waals surface area contributed by atoms with Crippen molar-refractivity contribution in [3.05, 3.63) is 89.3 Å². The van der Waals surface area contributed by atoms with E-state index in [0.29, 0.717) is 17.8 Å². The van der Waals surface area contributed by atoms with E-state index in [2.05, 4.69) is 10.3 Å². The van der Waals surface area contributed by atoms with Crippen LogP contribution in [-0.2, 0) is 22.7 Å². The molecule has 2 aromatic carbocycles. The zero-order valence-corrected chi connectivity index (χ0v) is 13.9. The van der Waals surface area contributed by atoms with Crippen LogP contribution in [0.25, 0.3) is 6.08 Å². The molecule has 0 radical (unpaired) electrons. The van der Waals surface area contributed by atoms with Crippen molar-refractivity contribution >= 4 is 12.0 Å². The maximum Gasteiger partial charge on any atom is 0.331 e. The molecule has 0 saturated heterocycles. The summed E-state index contributed by atoms with van der Waals surface area (Å²) in [4.78, 5) is 11.8. The Kier molecular flexibility index (Phi) is 5.53. The second kappa shape index (κ2) is 8.40. The summed E-state index contributed by atoms with van der Waals surface area (Å²) in [5, 5.41) is 16.9. The summed E-state index contributed by atoms with van der Waals surface area (Å²) >= 11 is 0. The van der Waals surface area contributed by atoms with Crippen LogP contribution in [0.5, 0.6) is 0 Å². The fraction of sp³-hybridized carbons (Fsp3) is 0.100. The van der Waals surface area contributed by atoms with E-state index in [9.17, 15) is 4.79 Å². The second-order valence-electron chi connectivity index (χ2n) is 5.58. The van der Waals surface area contributed by atoms with Gasteiger partial charge < -0.3 is 4.74 Å². The predicted molar refractivity (Wildman–Crippen MR) is 95.6 cm³/mol. The number of carbonyl (C=O) groups is 1. The fourth-order valence-electron chi connectivity index (χ4n) is 2.32. The molecule has 6 nitrogen and oxygen atoms in total. The highest BCUT2D eigenvalue weighted by Crippen LogP contribution is 2.07. The highest BCUT2D eigenvalue weighted by molar-refractivity contribution is 5.86. The third kappa shape index (κ3) is 4.89. The first-order valence-electron chi connectivity index (χ1n) is 8.01. The smallest absolute Gasteiger partial charge is 0.331 e. The van der Waals surface area contributed by atoms with Crippen molar-refractivity contribution < 1.29 is 9.53 Å². The predicted octanol–water partition coefficient (Wildman–Crippen LogP) is 2.95. The van der Waals surface area contributed by atoms with Gasteiger partial charge in [-0.2, -0.15) is 5.26 Å². The van der Waals surface area contributed by atoms with Crippen LogP contribution in [0.4, 0.5) is 0 Å². The van der Waals surface area contributed by atoms with Crippen LogP contribution in [0.2, 0.25) is 0 Å². The van der Waals surface area contributed by atoms with E-state index in [-0.39, 0.29) is 6.61 Å². The summed E-state index contributed by atoms with van der Waals surface area (Å²) in [6, 6.07) is 18.9. The lowest BCUT2D eigenvalue weighted by molar-refractivity contribution is -0.138. The fourth-order valence-corrected chi connectivity index (χ4v) is 2.32. The molecule has 0 saturated carbocycles. The normalized spacial score (nSPS) is 10.6. The Hall–Kier alpha value is -3.72. The monoisotopic (exact) mass is 344 g/mol. The van der Waals surface area contributed by atoms with Gasteiger partial charge in [0.1, 0.15) is 12.3 Å². The van der Waals surface area contributed by atoms with E-state index in [1.54, 1.807) is 41.2 Å². The van der Waals surface area contributed by atoms with E-state index in [1.807, 2.05) is 36.4 Å². The Bertz CT molecular complexity index is 955. The van der Waals surface area contributed by atoms with Crippen molar-refractivity contribution in [3.63, 3.8) is 0 Å². The molecule has 26 heavy (non-hydrogen) atoms. The van der Waals surface area contributed by atoms with Crippen LogP contribution in [0.1, 0.15) is 22.4 Å². The average Bonchev–Trinajstić information content (AvgIpc) is 3.13. The zero-order chi connectivity index (χ0) is 18.2. The van der Waals surface area contributed by atoms with Crippen LogP contribution >= 0.6 is 0 Å². The van der Waals surface area contributed by atoms with Crippen molar-refractivity contribution in [2.45, 2.75) is 13.2 Å². The molecule has 3 aromatic rings. The SMILES string of the molecule is N#Cc1cccc(COC(=O)/C=C/c2cn(Cc3ccccc3)nn2)c1. The van der Waals surface area contributed by atoms with Crippen molar-refractivity contribution in [2.75, 3.05) is 0 Å². The van der Waals surface area contributed by atoms with E-state index >= 15 is 0 Å². The molecular weight excluding hydrogens is 328 g/mol. The number of esters is 1. The summed E-state index contributed by atoms with van der Waals surface area (Å²) < 4.78 is 6.86. The zero-order valence-electron chi connectivity index (χ0n) is 13.9. The first-order valence-corrected chi connectivity index (χ1v) is 8.01. The number of hydrogen-bond donors (Lipinski definition) is 0. The van der Waals surface area contributed by atoms with Gasteiger partial charge in [-0.1, -0.05) is 47.7 Å². The topological polar surface area (TPSA) is 80.8 Å². The Morgan fingerprint density at radius 3 is 2.77 bits per heavy atom. The molecule has 0 amide bonds. The number of nitriles is 1. The number of carbonyl (C=O) groups excluding carboxylic acids is 1. The number of hydrogen-bond acceptors (Lipinski definition) is 5. The summed E-state index contributed by atoms with van der Waals surface area (Å²) in [6.07, 6.45) is 4.63. The van der Waals surface area contributed by atoms with Gasteiger partial charge in [-0.05, 0) is 29.3 Å². The Morgan fingerprint density at radius 1 is 1.15 bits per heavy atom. The first-order chi connectivity index (χ1) is 12.7. The standard InChI is InChI=1S/C20H16N4O2/c21-12-17-7-4-8-18(11-17)15-26-20(25)10-9-19-14-24(23-22-19)13-16-5-2-1-3-6-16/h1-11,14H,13,15H2/b10-9+. The Morgan fingerprint density at radius 2 is 1.96 bits per heavy atom. The largest absolute Gasteiger partial charge is 0.458 e. The number of ether oxygens (including phenoxy) is 1. The molecule has 0 N–H and O–H groups in total. The summed E-state index contributed by atoms with van der Waals surface area (Å²) in [6.45, 7) is 0.723. The molecule has 0 unspecified atom stereocenters. The summed E-state index contributed by atoms with van der Waals surface area (Å²) in [5.41, 5.74) is 2.99. The minimum absolute atomic E-state index is 0.111. The lowest BCUT2D eigenvalue weighted by Crippen LogP contribution is -2.01. The van der Waals surface area contributed by atoms with E-state index in [0.717, 1.165) is 11.1 Å². The van der Waals surface area contributed by atoms with Gasteiger partial charge in [-0.3, -0.25) is 0 Å². The van der Waals surface area contributed by atoms with Gasteiger partial charge in [-0.25, -0.2) is 9.48 Å². The van der Waals surface area contributed by atoms with Gasteiger partial charge in [0.2, 0.25) is 0 Å². The highest BCUT2D eigenvalue weighted by atomic mass is 16.5. The second-order valence-corrected chi connectivity index (χ2v) is 5.58. The van der Waals surface area contributed by atoms with Crippen LogP contribution in [0, 0.1) is 11.3 Å². The molecule has 0 aliphatic carbocycles. The van der Waals surface area contributed by atoms with Crippen molar-refractivity contribution in [1.82, 2.24) is 15.0 Å². The maximum atomic E-state index is 11.8. The Balaban J connectivity index is 1.53. The van der Waals surface area contributed by atoms with E-state index < -0.39 is 5.97 Å². The lowest BCUT2D eigenvalue weighted by atomic mass is 10.1. The van der Waals surface area contributed by atoms with Gasteiger partial charge in [0.05, 0.1) is 24.4 Å². The van der Waals surface area contributed by atoms with Crippen LogP contribution in [-0.4, -0.2) is 21.0 Å².